The van der Waals surface area contributed by atoms with Crippen molar-refractivity contribution in [3.8, 4) is 5.75 Å². The number of halogens is 1. The van der Waals surface area contributed by atoms with Crippen LogP contribution in [-0.2, 0) is 6.61 Å². The normalized spacial score (nSPS) is 11.3. The molecule has 0 unspecified atom stereocenters. The predicted molar refractivity (Wildman–Crippen MR) is 73.5 cm³/mol. The van der Waals surface area contributed by atoms with Gasteiger partial charge in [0.15, 0.2) is 0 Å². The highest BCUT2D eigenvalue weighted by Gasteiger charge is 1.99. The summed E-state index contributed by atoms with van der Waals surface area (Å²) in [5.41, 5.74) is 13.3. The maximum Gasteiger partial charge on any atom is 0.123 e. The van der Waals surface area contributed by atoms with Gasteiger partial charge in [-0.3, -0.25) is 0 Å². The van der Waals surface area contributed by atoms with E-state index in [0.29, 0.717) is 12.3 Å². The molecule has 0 heterocycles. The Morgan fingerprint density at radius 3 is 2.26 bits per heavy atom. The molecule has 19 heavy (non-hydrogen) atoms. The minimum Gasteiger partial charge on any atom is -0.489 e. The summed E-state index contributed by atoms with van der Waals surface area (Å²) in [6.45, 7) is 0.391. The predicted octanol–water partition coefficient (Wildman–Crippen LogP) is 2.62. The third-order valence-electron chi connectivity index (χ3n) is 2.69. The van der Waals surface area contributed by atoms with Gasteiger partial charge in [0.05, 0.1) is 5.70 Å². The average Bonchev–Trinajstić information content (AvgIpc) is 2.46. The first-order chi connectivity index (χ1) is 9.19. The van der Waals surface area contributed by atoms with E-state index in [4.69, 9.17) is 16.2 Å². The molecule has 3 nitrogen and oxygen atoms in total. The third kappa shape index (κ3) is 3.48. The van der Waals surface area contributed by atoms with Gasteiger partial charge >= 0.3 is 0 Å². The van der Waals surface area contributed by atoms with Gasteiger partial charge in [-0.15, -0.1) is 0 Å². The summed E-state index contributed by atoms with van der Waals surface area (Å²) in [5.74, 6) is 0.468. The Kier molecular flexibility index (Phi) is 4.03. The lowest BCUT2D eigenvalue weighted by molar-refractivity contribution is 0.306. The lowest BCUT2D eigenvalue weighted by Gasteiger charge is -2.07. The molecule has 4 N–H and O–H groups in total. The average molecular weight is 258 g/mol. The second kappa shape index (κ2) is 5.91. The van der Waals surface area contributed by atoms with Crippen LogP contribution in [0.4, 0.5) is 4.39 Å². The molecule has 0 radical (unpaired) electrons. The molecule has 0 spiro atoms. The maximum atomic E-state index is 12.7. The van der Waals surface area contributed by atoms with Crippen molar-refractivity contribution in [2.75, 3.05) is 0 Å². The van der Waals surface area contributed by atoms with Crippen LogP contribution in [0.3, 0.4) is 0 Å². The Morgan fingerprint density at radius 1 is 1.05 bits per heavy atom. The Hall–Kier alpha value is -2.49. The molecular weight excluding hydrogens is 243 g/mol. The van der Waals surface area contributed by atoms with Crippen LogP contribution in [0, 0.1) is 5.82 Å². The fourth-order valence-electron chi connectivity index (χ4n) is 1.59. The molecule has 0 aromatic heterocycles. The molecule has 0 atom stereocenters. The second-order valence-corrected chi connectivity index (χ2v) is 4.06. The van der Waals surface area contributed by atoms with E-state index in [-0.39, 0.29) is 5.82 Å². The second-order valence-electron chi connectivity index (χ2n) is 4.06. The van der Waals surface area contributed by atoms with Crippen molar-refractivity contribution in [3.63, 3.8) is 0 Å². The highest BCUT2D eigenvalue weighted by Crippen LogP contribution is 2.16. The van der Waals surface area contributed by atoms with Crippen molar-refractivity contribution >= 4 is 5.70 Å². The highest BCUT2D eigenvalue weighted by atomic mass is 19.1. The SMILES string of the molecule is N/C=C(\N)c1ccc(OCc2ccc(F)cc2)cc1. The Bertz CT molecular complexity index is 562. The van der Waals surface area contributed by atoms with Crippen LogP contribution in [0.25, 0.3) is 5.70 Å². The quantitative estimate of drug-likeness (QED) is 0.886. The van der Waals surface area contributed by atoms with Gasteiger partial charge < -0.3 is 16.2 Å². The van der Waals surface area contributed by atoms with Crippen LogP contribution in [0.15, 0.2) is 54.7 Å². The summed E-state index contributed by atoms with van der Waals surface area (Å²) < 4.78 is 18.3. The van der Waals surface area contributed by atoms with Gasteiger partial charge in [0, 0.05) is 6.20 Å². The van der Waals surface area contributed by atoms with E-state index in [9.17, 15) is 4.39 Å². The Labute approximate surface area is 111 Å². The van der Waals surface area contributed by atoms with E-state index in [2.05, 4.69) is 0 Å². The molecule has 2 aromatic carbocycles. The van der Waals surface area contributed by atoms with Gasteiger partial charge in [-0.05, 0) is 47.5 Å². The lowest BCUT2D eigenvalue weighted by atomic mass is 10.1. The molecule has 4 heteroatoms. The summed E-state index contributed by atoms with van der Waals surface area (Å²) in [5, 5.41) is 0. The zero-order chi connectivity index (χ0) is 13.7. The number of rotatable bonds is 4. The van der Waals surface area contributed by atoms with Gasteiger partial charge in [0.25, 0.3) is 0 Å². The maximum absolute atomic E-state index is 12.7. The molecule has 0 aliphatic rings. The first-order valence-corrected chi connectivity index (χ1v) is 5.84. The Balaban J connectivity index is 1.98. The van der Waals surface area contributed by atoms with E-state index in [0.717, 1.165) is 16.9 Å². The van der Waals surface area contributed by atoms with Crippen molar-refractivity contribution in [3.05, 3.63) is 71.7 Å². The summed E-state index contributed by atoms with van der Waals surface area (Å²) in [7, 11) is 0. The number of nitrogens with two attached hydrogens (primary N) is 2. The van der Waals surface area contributed by atoms with Crippen LogP contribution in [0.5, 0.6) is 5.75 Å². The molecule has 98 valence electrons. The van der Waals surface area contributed by atoms with Gasteiger partial charge in [0.2, 0.25) is 0 Å². The summed E-state index contributed by atoms with van der Waals surface area (Å²) in [6, 6.07) is 13.5. The zero-order valence-electron chi connectivity index (χ0n) is 10.3. The molecule has 0 saturated heterocycles. The fourth-order valence-corrected chi connectivity index (χ4v) is 1.59. The summed E-state index contributed by atoms with van der Waals surface area (Å²) in [4.78, 5) is 0. The van der Waals surface area contributed by atoms with Crippen LogP contribution < -0.4 is 16.2 Å². The smallest absolute Gasteiger partial charge is 0.123 e. The highest BCUT2D eigenvalue weighted by molar-refractivity contribution is 5.62. The van der Waals surface area contributed by atoms with Crippen LogP contribution in [0.1, 0.15) is 11.1 Å². The summed E-state index contributed by atoms with van der Waals surface area (Å²) >= 11 is 0. The molecular formula is C15H15FN2O. The third-order valence-corrected chi connectivity index (χ3v) is 2.69. The summed E-state index contributed by atoms with van der Waals surface area (Å²) in [6.07, 6.45) is 1.36. The van der Waals surface area contributed by atoms with Crippen molar-refractivity contribution in [2.24, 2.45) is 11.5 Å². The largest absolute Gasteiger partial charge is 0.489 e. The van der Waals surface area contributed by atoms with Gasteiger partial charge in [-0.2, -0.15) is 0 Å². The van der Waals surface area contributed by atoms with E-state index >= 15 is 0 Å². The molecule has 0 bridgehead atoms. The van der Waals surface area contributed by atoms with Gasteiger partial charge in [-0.1, -0.05) is 12.1 Å². The minimum atomic E-state index is -0.253. The fraction of sp³-hybridized carbons (Fsp3) is 0.0667. The molecule has 0 aliphatic carbocycles. The van der Waals surface area contributed by atoms with Gasteiger partial charge in [-0.25, -0.2) is 4.39 Å². The van der Waals surface area contributed by atoms with Crippen molar-refractivity contribution in [1.29, 1.82) is 0 Å². The number of hydrogen-bond acceptors (Lipinski definition) is 3. The van der Waals surface area contributed by atoms with Crippen LogP contribution in [-0.4, -0.2) is 0 Å². The molecule has 0 aliphatic heterocycles. The van der Waals surface area contributed by atoms with E-state index in [1.807, 2.05) is 24.3 Å². The van der Waals surface area contributed by atoms with E-state index in [1.54, 1.807) is 12.1 Å². The van der Waals surface area contributed by atoms with Crippen LogP contribution >= 0.6 is 0 Å². The standard InChI is InChI=1S/C15H15FN2O/c16-13-5-1-11(2-6-13)10-19-14-7-3-12(4-8-14)15(18)9-17/h1-9H,10,17-18H2/b15-9-. The molecule has 0 amide bonds. The molecule has 2 rings (SSSR count). The van der Waals surface area contributed by atoms with Crippen molar-refractivity contribution in [2.45, 2.75) is 6.61 Å². The topological polar surface area (TPSA) is 61.3 Å². The lowest BCUT2D eigenvalue weighted by Crippen LogP contribution is -2.00. The van der Waals surface area contributed by atoms with Crippen molar-refractivity contribution < 1.29 is 9.13 Å². The van der Waals surface area contributed by atoms with E-state index in [1.165, 1.54) is 18.3 Å². The first-order valence-electron chi connectivity index (χ1n) is 5.84. The number of benzene rings is 2. The van der Waals surface area contributed by atoms with Crippen LogP contribution in [0.2, 0.25) is 0 Å². The number of ether oxygens (including phenoxy) is 1. The number of hydrogen-bond donors (Lipinski definition) is 2. The molecule has 0 fully saturated rings. The molecule has 2 aromatic rings. The Morgan fingerprint density at radius 2 is 1.68 bits per heavy atom. The minimum absolute atomic E-state index is 0.253. The van der Waals surface area contributed by atoms with Gasteiger partial charge in [0.1, 0.15) is 18.2 Å². The monoisotopic (exact) mass is 258 g/mol. The van der Waals surface area contributed by atoms with Crippen molar-refractivity contribution in [1.82, 2.24) is 0 Å². The van der Waals surface area contributed by atoms with E-state index < -0.39 is 0 Å². The zero-order valence-corrected chi connectivity index (χ0v) is 10.3. The first kappa shape index (κ1) is 13.0. The molecule has 0 saturated carbocycles.